The number of likely N-dealkylation sites (tertiary alicyclic amines) is 1. The highest BCUT2D eigenvalue weighted by Crippen LogP contribution is 2.27. The fraction of sp³-hybridized carbons (Fsp3) is 0.444. The predicted molar refractivity (Wildman–Crippen MR) is 110 cm³/mol. The Labute approximate surface area is 175 Å². The Balaban J connectivity index is 0.000000941. The highest BCUT2D eigenvalue weighted by molar-refractivity contribution is 7.89. The van der Waals surface area contributed by atoms with E-state index in [1.54, 1.807) is 6.20 Å². The van der Waals surface area contributed by atoms with E-state index in [4.69, 9.17) is 21.5 Å². The van der Waals surface area contributed by atoms with Gasteiger partial charge < -0.3 is 10.2 Å². The highest BCUT2D eigenvalue weighted by Gasteiger charge is 2.35. The van der Waals surface area contributed by atoms with E-state index in [2.05, 4.69) is 15.1 Å². The van der Waals surface area contributed by atoms with E-state index in [-0.39, 0.29) is 18.1 Å². The number of aromatic amines is 1. The second-order valence-electron chi connectivity index (χ2n) is 6.96. The van der Waals surface area contributed by atoms with Gasteiger partial charge in [0, 0.05) is 50.2 Å². The van der Waals surface area contributed by atoms with Gasteiger partial charge in [-0.25, -0.2) is 12.7 Å². The van der Waals surface area contributed by atoms with Crippen molar-refractivity contribution in [1.29, 1.82) is 0 Å². The molecule has 11 heteroatoms. The number of β-amino-alcohol motifs (C(OH)–C–C–N with tert-alkyl or cyclic N) is 1. The summed E-state index contributed by atoms with van der Waals surface area (Å²) in [5.41, 5.74) is 2.88. The van der Waals surface area contributed by atoms with Gasteiger partial charge in [0.25, 0.3) is 6.47 Å². The van der Waals surface area contributed by atoms with Gasteiger partial charge in [0.1, 0.15) is 0 Å². The van der Waals surface area contributed by atoms with Crippen LogP contribution in [0.2, 0.25) is 5.02 Å². The molecule has 1 aliphatic rings. The first kappa shape index (κ1) is 23.3. The van der Waals surface area contributed by atoms with E-state index in [1.165, 1.54) is 18.4 Å². The second kappa shape index (κ2) is 10.2. The lowest BCUT2D eigenvalue weighted by molar-refractivity contribution is -0.122. The largest absolute Gasteiger partial charge is 0.483 e. The third-order valence-electron chi connectivity index (χ3n) is 4.71. The van der Waals surface area contributed by atoms with Gasteiger partial charge in [0.2, 0.25) is 10.0 Å². The molecule has 2 atom stereocenters. The van der Waals surface area contributed by atoms with E-state index in [0.29, 0.717) is 24.7 Å². The molecule has 9 nitrogen and oxygen atoms in total. The standard InChI is InChI=1S/C17H23ClN4O3S.CH2O2/c1-21(2)26(24,25)11-14-9-22(10-16(14)23)8-13-7-19-20-17(13)12-3-5-15(18)6-4-12;2-1-3/h3-7,14,16,23H,8-11H2,1-2H3,(H,19,20);1H,(H,2,3)/t14-,16+;/m0./s1. The van der Waals surface area contributed by atoms with Crippen LogP contribution in [0.3, 0.4) is 0 Å². The molecule has 0 spiro atoms. The maximum absolute atomic E-state index is 12.1. The van der Waals surface area contributed by atoms with Crippen LogP contribution in [0.1, 0.15) is 5.56 Å². The first-order valence-electron chi connectivity index (χ1n) is 8.84. The van der Waals surface area contributed by atoms with Gasteiger partial charge in [-0.05, 0) is 17.7 Å². The van der Waals surface area contributed by atoms with E-state index < -0.39 is 16.1 Å². The summed E-state index contributed by atoms with van der Waals surface area (Å²) in [6.45, 7) is 1.31. The van der Waals surface area contributed by atoms with Crippen LogP contribution in [-0.4, -0.2) is 83.5 Å². The van der Waals surface area contributed by atoms with Crippen LogP contribution in [0.25, 0.3) is 11.3 Å². The zero-order chi connectivity index (χ0) is 21.6. The molecule has 3 rings (SSSR count). The Morgan fingerprint density at radius 1 is 1.31 bits per heavy atom. The van der Waals surface area contributed by atoms with Crippen LogP contribution in [0.5, 0.6) is 0 Å². The zero-order valence-electron chi connectivity index (χ0n) is 16.2. The molecular weight excluding hydrogens is 420 g/mol. The van der Waals surface area contributed by atoms with Crippen molar-refractivity contribution in [1.82, 2.24) is 19.4 Å². The number of benzene rings is 1. The molecule has 2 heterocycles. The lowest BCUT2D eigenvalue weighted by Gasteiger charge is -2.18. The number of rotatable bonds is 6. The van der Waals surface area contributed by atoms with Gasteiger partial charge in [-0.15, -0.1) is 0 Å². The molecule has 0 amide bonds. The number of hydrogen-bond acceptors (Lipinski definition) is 6. The molecule has 1 saturated heterocycles. The molecule has 1 aromatic carbocycles. The van der Waals surface area contributed by atoms with Crippen LogP contribution in [0, 0.1) is 5.92 Å². The van der Waals surface area contributed by atoms with Crippen molar-refractivity contribution in [2.45, 2.75) is 12.6 Å². The van der Waals surface area contributed by atoms with Crippen molar-refractivity contribution in [3.8, 4) is 11.3 Å². The minimum atomic E-state index is -3.34. The van der Waals surface area contributed by atoms with E-state index in [9.17, 15) is 13.5 Å². The summed E-state index contributed by atoms with van der Waals surface area (Å²) in [5, 5.41) is 25.0. The van der Waals surface area contributed by atoms with Crippen LogP contribution in [0.4, 0.5) is 0 Å². The Morgan fingerprint density at radius 2 is 1.93 bits per heavy atom. The molecule has 29 heavy (non-hydrogen) atoms. The fourth-order valence-corrected chi connectivity index (χ4v) is 4.49. The minimum Gasteiger partial charge on any atom is -0.483 e. The predicted octanol–water partition coefficient (Wildman–Crippen LogP) is 1.11. The second-order valence-corrected chi connectivity index (χ2v) is 9.63. The van der Waals surface area contributed by atoms with Gasteiger partial charge in [-0.3, -0.25) is 14.8 Å². The summed E-state index contributed by atoms with van der Waals surface area (Å²) in [5.74, 6) is -0.346. The number of carbonyl (C=O) groups is 1. The number of sulfonamides is 1. The van der Waals surface area contributed by atoms with Gasteiger partial charge >= 0.3 is 0 Å². The summed E-state index contributed by atoms with van der Waals surface area (Å²) >= 11 is 5.94. The average Bonchev–Trinajstić information content (AvgIpc) is 3.23. The fourth-order valence-electron chi connectivity index (χ4n) is 3.19. The van der Waals surface area contributed by atoms with Gasteiger partial charge in [0.15, 0.2) is 0 Å². The first-order chi connectivity index (χ1) is 13.7. The van der Waals surface area contributed by atoms with Crippen LogP contribution in [-0.2, 0) is 21.4 Å². The van der Waals surface area contributed by atoms with Crippen LogP contribution >= 0.6 is 11.6 Å². The molecular formula is C18H25ClN4O5S. The molecule has 3 N–H and O–H groups in total. The van der Waals surface area contributed by atoms with Crippen molar-refractivity contribution < 1.29 is 23.4 Å². The number of aromatic nitrogens is 2. The third-order valence-corrected chi connectivity index (χ3v) is 6.92. The summed E-state index contributed by atoms with van der Waals surface area (Å²) in [6, 6.07) is 7.49. The number of hydrogen-bond donors (Lipinski definition) is 3. The molecule has 1 aliphatic heterocycles. The Morgan fingerprint density at radius 3 is 2.52 bits per heavy atom. The normalized spacial score (nSPS) is 19.8. The molecule has 0 radical (unpaired) electrons. The summed E-state index contributed by atoms with van der Waals surface area (Å²) in [4.78, 5) is 10.4. The highest BCUT2D eigenvalue weighted by atomic mass is 35.5. The third kappa shape index (κ3) is 6.25. The van der Waals surface area contributed by atoms with Crippen LogP contribution in [0.15, 0.2) is 30.5 Å². The van der Waals surface area contributed by atoms with Crippen molar-refractivity contribution in [2.75, 3.05) is 32.9 Å². The molecule has 1 aromatic heterocycles. The number of H-pyrrole nitrogens is 1. The Bertz CT molecular complexity index is 901. The van der Waals surface area contributed by atoms with Crippen molar-refractivity contribution in [3.63, 3.8) is 0 Å². The van der Waals surface area contributed by atoms with Crippen molar-refractivity contribution in [2.24, 2.45) is 5.92 Å². The number of carboxylic acid groups (broad SMARTS) is 1. The molecule has 0 bridgehead atoms. The summed E-state index contributed by atoms with van der Waals surface area (Å²) in [7, 11) is -0.315. The maximum Gasteiger partial charge on any atom is 0.290 e. The van der Waals surface area contributed by atoms with Crippen molar-refractivity contribution in [3.05, 3.63) is 41.0 Å². The summed E-state index contributed by atoms with van der Waals surface area (Å²) < 4.78 is 25.4. The number of nitrogens with zero attached hydrogens (tertiary/aromatic N) is 3. The molecule has 0 aliphatic carbocycles. The van der Waals surface area contributed by atoms with Gasteiger partial charge in [-0.2, -0.15) is 5.10 Å². The minimum absolute atomic E-state index is 0.0485. The molecule has 0 unspecified atom stereocenters. The topological polar surface area (TPSA) is 127 Å². The van der Waals surface area contributed by atoms with E-state index in [0.717, 1.165) is 16.8 Å². The van der Waals surface area contributed by atoms with E-state index in [1.807, 2.05) is 24.3 Å². The number of aliphatic hydroxyl groups is 1. The SMILES string of the molecule is CN(C)S(=O)(=O)C[C@@H]1CN(Cc2cn[nH]c2-c2ccc(Cl)cc2)C[C@H]1O.O=CO. The number of halogens is 1. The molecule has 2 aromatic rings. The van der Waals surface area contributed by atoms with Crippen LogP contribution < -0.4 is 0 Å². The number of aliphatic hydroxyl groups excluding tert-OH is 1. The number of nitrogens with one attached hydrogen (secondary N) is 1. The lowest BCUT2D eigenvalue weighted by atomic mass is 10.1. The monoisotopic (exact) mass is 444 g/mol. The maximum atomic E-state index is 12.1. The Hall–Kier alpha value is -1.98. The lowest BCUT2D eigenvalue weighted by Crippen LogP contribution is -2.33. The zero-order valence-corrected chi connectivity index (χ0v) is 17.8. The Kier molecular flexibility index (Phi) is 8.17. The molecule has 1 fully saturated rings. The molecule has 0 saturated carbocycles. The average molecular weight is 445 g/mol. The quantitative estimate of drug-likeness (QED) is 0.569. The van der Waals surface area contributed by atoms with E-state index >= 15 is 0 Å². The smallest absolute Gasteiger partial charge is 0.290 e. The summed E-state index contributed by atoms with van der Waals surface area (Å²) in [6.07, 6.45) is 1.11. The van der Waals surface area contributed by atoms with Crippen molar-refractivity contribution >= 4 is 28.1 Å². The van der Waals surface area contributed by atoms with Gasteiger partial charge in [-0.1, -0.05) is 23.7 Å². The molecule has 160 valence electrons. The first-order valence-corrected chi connectivity index (χ1v) is 10.8. The van der Waals surface area contributed by atoms with Gasteiger partial charge in [0.05, 0.1) is 23.7 Å².